The summed E-state index contributed by atoms with van der Waals surface area (Å²) in [5.74, 6) is 0. The van der Waals surface area contributed by atoms with Crippen LogP contribution in [0.4, 0.5) is 0 Å². The van der Waals surface area contributed by atoms with Gasteiger partial charge in [-0.2, -0.15) is 0 Å². The van der Waals surface area contributed by atoms with E-state index in [9.17, 15) is 0 Å². The highest BCUT2D eigenvalue weighted by Crippen LogP contribution is 2.42. The molecule has 0 radical (unpaired) electrons. The van der Waals surface area contributed by atoms with E-state index in [4.69, 9.17) is 9.47 Å². The summed E-state index contributed by atoms with van der Waals surface area (Å²) < 4.78 is 12.6. The van der Waals surface area contributed by atoms with Gasteiger partial charge in [-0.15, -0.1) is 0 Å². The minimum Gasteiger partial charge on any atom is -0.388 e. The highest BCUT2D eigenvalue weighted by molar-refractivity contribution is 6.40. The summed E-state index contributed by atoms with van der Waals surface area (Å²) in [6, 6.07) is 0. The van der Waals surface area contributed by atoms with Crippen molar-refractivity contribution in [2.24, 2.45) is 0 Å². The van der Waals surface area contributed by atoms with Gasteiger partial charge < -0.3 is 9.47 Å². The van der Waals surface area contributed by atoms with E-state index in [1.807, 2.05) is 0 Å². The lowest BCUT2D eigenvalue weighted by atomic mass is 9.85. The molecule has 98 valence electrons. The molecule has 2 fully saturated rings. The molecule has 2 heterocycles. The van der Waals surface area contributed by atoms with Crippen LogP contribution in [0.15, 0.2) is 0 Å². The van der Waals surface area contributed by atoms with Gasteiger partial charge in [0.2, 0.25) is 0 Å². The molecule has 2 unspecified atom stereocenters. The van der Waals surface area contributed by atoms with E-state index in [1.165, 1.54) is 43.8 Å². The van der Waals surface area contributed by atoms with Crippen LogP contribution in [0, 0.1) is 0 Å². The molecule has 2 aliphatic rings. The van der Waals surface area contributed by atoms with Crippen molar-refractivity contribution in [2.45, 2.75) is 67.7 Å². The lowest BCUT2D eigenvalue weighted by Crippen LogP contribution is -2.61. The minimum absolute atomic E-state index is 0. The van der Waals surface area contributed by atoms with Crippen LogP contribution in [-0.4, -0.2) is 55.9 Å². The average molecular weight is 270 g/mol. The zero-order valence-corrected chi connectivity index (χ0v) is 12.3. The van der Waals surface area contributed by atoms with Gasteiger partial charge >= 0.3 is 0 Å². The number of hydrogen-bond acceptors (Lipinski definition) is 2. The Kier molecular flexibility index (Phi) is 6.56. The Bertz CT molecular complexity index is 216. The smallest absolute Gasteiger partial charge is 0.292 e. The second-order valence-electron chi connectivity index (χ2n) is 5.59. The normalized spacial score (nSPS) is 38.2. The molecule has 2 aliphatic heterocycles. The molecule has 0 aliphatic carbocycles. The Hall–Kier alpha value is 0.985. The molecule has 0 aromatic rings. The van der Waals surface area contributed by atoms with Crippen molar-refractivity contribution in [1.29, 1.82) is 0 Å². The highest BCUT2D eigenvalue weighted by Gasteiger charge is 2.50. The van der Waals surface area contributed by atoms with E-state index < -0.39 is 0 Å². The van der Waals surface area contributed by atoms with Crippen LogP contribution in [0.25, 0.3) is 0 Å². The standard InChI is InChI=1S/C11H19O2.C2H5.2Al.4H/c1-11(7-3-5-9-13-11)10-6-2-4-8-12-10;1-2;;;;;;/h2-9H2,1H3;1H2,2H3;;;;;;. The van der Waals surface area contributed by atoms with Gasteiger partial charge in [-0.05, 0) is 45.4 Å². The van der Waals surface area contributed by atoms with Gasteiger partial charge in [-0.3, -0.25) is 0 Å². The fourth-order valence-corrected chi connectivity index (χ4v) is 5.83. The maximum atomic E-state index is 6.29. The lowest BCUT2D eigenvalue weighted by Gasteiger charge is -2.52. The first-order chi connectivity index (χ1) is 7.72. The van der Waals surface area contributed by atoms with Crippen molar-refractivity contribution in [2.75, 3.05) is 13.2 Å². The number of ether oxygens (including phenoxy) is 2. The summed E-state index contributed by atoms with van der Waals surface area (Å²) in [5, 5.41) is 1.33. The topological polar surface area (TPSA) is 18.5 Å². The average Bonchev–Trinajstić information content (AvgIpc) is 2.31. The van der Waals surface area contributed by atoms with Crippen molar-refractivity contribution < 1.29 is 9.47 Å². The van der Waals surface area contributed by atoms with Crippen molar-refractivity contribution in [3.63, 3.8) is 0 Å². The fourth-order valence-electron chi connectivity index (χ4n) is 3.43. The molecule has 2 rings (SSSR count). The van der Waals surface area contributed by atoms with Gasteiger partial charge in [0.1, 0.15) is 0 Å². The van der Waals surface area contributed by atoms with Crippen LogP contribution in [0.1, 0.15) is 52.4 Å². The molecule has 0 amide bonds. The summed E-state index contributed by atoms with van der Waals surface area (Å²) in [7, 11) is 0. The number of hydrogen-bond donors (Lipinski definition) is 0. The molecular weight excluding hydrogens is 242 g/mol. The Morgan fingerprint density at radius 1 is 1.00 bits per heavy atom. The molecule has 4 heteroatoms. The summed E-state index contributed by atoms with van der Waals surface area (Å²) >= 11 is -0.180. The molecule has 0 spiro atoms. The number of rotatable bonds is 3. The molecule has 2 nitrogen and oxygen atoms in total. The molecule has 2 saturated heterocycles. The van der Waals surface area contributed by atoms with Gasteiger partial charge in [0.15, 0.2) is 17.4 Å². The minimum atomic E-state index is -0.180. The van der Waals surface area contributed by atoms with Gasteiger partial charge in [-0.1, -0.05) is 12.2 Å². The molecule has 0 bridgehead atoms. The maximum Gasteiger partial charge on any atom is 0.292 e. The maximum absolute atomic E-state index is 6.29. The summed E-state index contributed by atoms with van der Waals surface area (Å²) in [5.41, 5.74) is 0.0356. The Morgan fingerprint density at radius 2 is 1.65 bits per heavy atom. The van der Waals surface area contributed by atoms with Crippen LogP contribution in [0.3, 0.4) is 0 Å². The van der Waals surface area contributed by atoms with Crippen molar-refractivity contribution >= 4 is 32.6 Å². The first-order valence-electron chi connectivity index (χ1n) is 7.00. The van der Waals surface area contributed by atoms with E-state index in [0.29, 0.717) is 0 Å². The largest absolute Gasteiger partial charge is 0.388 e. The molecule has 0 aromatic carbocycles. The van der Waals surface area contributed by atoms with Crippen molar-refractivity contribution in [3.8, 4) is 0 Å². The van der Waals surface area contributed by atoms with E-state index in [2.05, 4.69) is 13.8 Å². The molecule has 0 N–H and O–H groups in total. The van der Waals surface area contributed by atoms with Gasteiger partial charge in [0.25, 0.3) is 15.2 Å². The highest BCUT2D eigenvalue weighted by atomic mass is 27.1. The van der Waals surface area contributed by atoms with E-state index in [-0.39, 0.29) is 42.6 Å². The zero-order chi connectivity index (χ0) is 11.5. The van der Waals surface area contributed by atoms with E-state index >= 15 is 0 Å². The second-order valence-corrected chi connectivity index (χ2v) is 8.23. The summed E-state index contributed by atoms with van der Waals surface area (Å²) in [4.78, 5) is 0. The first kappa shape index (κ1) is 16.0. The van der Waals surface area contributed by atoms with E-state index in [0.717, 1.165) is 13.2 Å². The van der Waals surface area contributed by atoms with Crippen LogP contribution >= 0.6 is 0 Å². The first-order valence-corrected chi connectivity index (χ1v) is 8.71. The monoisotopic (exact) mass is 270 g/mol. The molecule has 0 saturated carbocycles. The van der Waals surface area contributed by atoms with Crippen LogP contribution in [0.5, 0.6) is 0 Å². The van der Waals surface area contributed by atoms with Gasteiger partial charge in [0.05, 0.1) is 5.60 Å². The Morgan fingerprint density at radius 3 is 2.12 bits per heavy atom. The predicted molar refractivity (Wildman–Crippen MR) is 78.3 cm³/mol. The second kappa shape index (κ2) is 6.95. The third kappa shape index (κ3) is 3.30. The van der Waals surface area contributed by atoms with Crippen LogP contribution in [0.2, 0.25) is 5.28 Å². The SMILES string of the molecule is C[CH2][AlH][C]1(C2(C)CCCCO2)CCCCO1.[AlH3]. The Labute approximate surface area is 123 Å². The Balaban J connectivity index is 0.00000144. The molecular formula is C13H28Al2O2. The fraction of sp³-hybridized carbons (Fsp3) is 1.00. The lowest BCUT2D eigenvalue weighted by molar-refractivity contribution is -0.193. The quantitative estimate of drug-likeness (QED) is 0.724. The third-order valence-electron chi connectivity index (χ3n) is 4.44. The van der Waals surface area contributed by atoms with Crippen molar-refractivity contribution in [1.82, 2.24) is 0 Å². The van der Waals surface area contributed by atoms with Gasteiger partial charge in [0, 0.05) is 17.7 Å². The van der Waals surface area contributed by atoms with Crippen molar-refractivity contribution in [3.05, 3.63) is 0 Å². The van der Waals surface area contributed by atoms with E-state index in [1.54, 1.807) is 0 Å². The molecule has 2 atom stereocenters. The van der Waals surface area contributed by atoms with Gasteiger partial charge in [-0.25, -0.2) is 0 Å². The molecule has 17 heavy (non-hydrogen) atoms. The third-order valence-corrected chi connectivity index (χ3v) is 7.05. The molecule has 0 aromatic heterocycles. The van der Waals surface area contributed by atoms with Crippen LogP contribution < -0.4 is 0 Å². The zero-order valence-electron chi connectivity index (χ0n) is 10.9. The summed E-state index contributed by atoms with van der Waals surface area (Å²) in [6.07, 6.45) is 7.60. The van der Waals surface area contributed by atoms with Crippen LogP contribution in [-0.2, 0) is 9.47 Å². The summed E-state index contributed by atoms with van der Waals surface area (Å²) in [6.45, 7) is 6.55. The predicted octanol–water partition coefficient (Wildman–Crippen LogP) is 1.53.